The molecule has 0 aliphatic rings. The largest absolute Gasteiger partial charge is 0.456 e. The molecule has 3 aromatic heterocycles. The molecule has 0 fully saturated rings. The highest BCUT2D eigenvalue weighted by molar-refractivity contribution is 7.28. The Morgan fingerprint density at radius 3 is 2.00 bits per heavy atom. The smallest absolute Gasteiger partial charge is 0.137 e. The highest BCUT2D eigenvalue weighted by Gasteiger charge is 2.21. The van der Waals surface area contributed by atoms with Gasteiger partial charge in [0.25, 0.3) is 0 Å². The Hall–Kier alpha value is -5.75. The van der Waals surface area contributed by atoms with Crippen molar-refractivity contribution in [3.63, 3.8) is 0 Å². The number of thiazole rings is 1. The minimum Gasteiger partial charge on any atom is -0.456 e. The van der Waals surface area contributed by atoms with E-state index in [-0.39, 0.29) is 0 Å². The maximum absolute atomic E-state index is 6.36. The van der Waals surface area contributed by atoms with E-state index in [4.69, 9.17) is 9.40 Å². The molecule has 0 aliphatic heterocycles. The Kier molecular flexibility index (Phi) is 6.22. The number of furan rings is 1. The van der Waals surface area contributed by atoms with Crippen molar-refractivity contribution in [2.45, 2.75) is 0 Å². The van der Waals surface area contributed by atoms with Gasteiger partial charge in [0.2, 0.25) is 0 Å². The molecule has 0 atom stereocenters. The molecule has 0 aliphatic carbocycles. The van der Waals surface area contributed by atoms with Gasteiger partial charge >= 0.3 is 0 Å². The van der Waals surface area contributed by atoms with E-state index in [1.165, 1.54) is 36.0 Å². The highest BCUT2D eigenvalue weighted by atomic mass is 32.1. The highest BCUT2D eigenvalue weighted by Crippen LogP contribution is 2.47. The summed E-state index contributed by atoms with van der Waals surface area (Å²) >= 11 is 3.62. The van der Waals surface area contributed by atoms with Gasteiger partial charge in [-0.2, -0.15) is 0 Å². The molecule has 10 aromatic rings. The topological polar surface area (TPSA) is 29.3 Å². The number of para-hydroxylation sites is 1. The number of nitrogens with zero attached hydrogens (tertiary/aromatic N) is 2. The summed E-state index contributed by atoms with van der Waals surface area (Å²) in [5, 5.41) is 5.79. The monoisotopic (exact) mass is 650 g/mol. The number of fused-ring (bicyclic) bond motifs is 8. The van der Waals surface area contributed by atoms with E-state index in [0.717, 1.165) is 55.1 Å². The van der Waals surface area contributed by atoms with Crippen LogP contribution in [0.4, 0.5) is 17.1 Å². The first kappa shape index (κ1) is 27.4. The van der Waals surface area contributed by atoms with Gasteiger partial charge in [0.1, 0.15) is 16.2 Å². The predicted octanol–water partition coefficient (Wildman–Crippen LogP) is 13.4. The van der Waals surface area contributed by atoms with Crippen molar-refractivity contribution in [1.29, 1.82) is 0 Å². The van der Waals surface area contributed by atoms with Crippen molar-refractivity contribution in [3.05, 3.63) is 158 Å². The summed E-state index contributed by atoms with van der Waals surface area (Å²) < 4.78 is 10.1. The van der Waals surface area contributed by atoms with Crippen molar-refractivity contribution in [2.75, 3.05) is 4.90 Å². The number of hydrogen-bond acceptors (Lipinski definition) is 5. The van der Waals surface area contributed by atoms with Gasteiger partial charge in [-0.05, 0) is 71.8 Å². The van der Waals surface area contributed by atoms with E-state index in [2.05, 4.69) is 150 Å². The molecule has 0 unspecified atom stereocenters. The normalized spacial score (nSPS) is 11.8. The van der Waals surface area contributed by atoms with Crippen LogP contribution in [-0.2, 0) is 0 Å². The molecule has 5 heteroatoms. The lowest BCUT2D eigenvalue weighted by molar-refractivity contribution is 0.669. The van der Waals surface area contributed by atoms with E-state index in [1.54, 1.807) is 11.3 Å². The fourth-order valence-corrected chi connectivity index (χ4v) is 9.17. The first-order chi connectivity index (χ1) is 23.8. The number of thiophene rings is 1. The zero-order chi connectivity index (χ0) is 31.6. The van der Waals surface area contributed by atoms with Gasteiger partial charge in [-0.15, -0.1) is 22.7 Å². The molecule has 3 nitrogen and oxygen atoms in total. The summed E-state index contributed by atoms with van der Waals surface area (Å²) in [5.41, 5.74) is 9.61. The second-order valence-electron chi connectivity index (χ2n) is 12.0. The maximum Gasteiger partial charge on any atom is 0.137 e. The average Bonchev–Trinajstić information content (AvgIpc) is 3.86. The average molecular weight is 651 g/mol. The molecule has 0 bridgehead atoms. The van der Waals surface area contributed by atoms with Gasteiger partial charge < -0.3 is 9.32 Å². The molecule has 0 radical (unpaired) electrons. The summed E-state index contributed by atoms with van der Waals surface area (Å²) in [6, 6.07) is 55.9. The van der Waals surface area contributed by atoms with Crippen LogP contribution in [0.25, 0.3) is 74.0 Å². The summed E-state index contributed by atoms with van der Waals surface area (Å²) in [7, 11) is 0. The van der Waals surface area contributed by atoms with Gasteiger partial charge in [0.05, 0.1) is 21.3 Å². The van der Waals surface area contributed by atoms with Crippen LogP contribution >= 0.6 is 22.7 Å². The van der Waals surface area contributed by atoms with E-state index in [0.29, 0.717) is 0 Å². The SMILES string of the molecule is c1ccc(-c2ccc(N(c3ccc4sc5ccc6nc(-c7ccccc7)sc6c5c4c3)c3cccc4oc5ccccc5c34)cc2)cc1. The number of aromatic nitrogens is 1. The second kappa shape index (κ2) is 10.9. The van der Waals surface area contributed by atoms with Gasteiger partial charge in [0, 0.05) is 42.5 Å². The summed E-state index contributed by atoms with van der Waals surface area (Å²) in [6.07, 6.45) is 0. The third-order valence-corrected chi connectivity index (χ3v) is 11.4. The van der Waals surface area contributed by atoms with Gasteiger partial charge in [0.15, 0.2) is 0 Å². The molecule has 10 rings (SSSR count). The van der Waals surface area contributed by atoms with Crippen molar-refractivity contribution >= 4 is 92.1 Å². The molecule has 0 saturated heterocycles. The molecular formula is C43H26N2OS2. The lowest BCUT2D eigenvalue weighted by atomic mass is 10.0. The quantitative estimate of drug-likeness (QED) is 0.186. The Balaban J connectivity index is 1.21. The Labute approximate surface area is 284 Å². The van der Waals surface area contributed by atoms with Crippen LogP contribution in [0.5, 0.6) is 0 Å². The third-order valence-electron chi connectivity index (χ3n) is 9.10. The molecule has 7 aromatic carbocycles. The number of rotatable bonds is 5. The summed E-state index contributed by atoms with van der Waals surface area (Å²) in [4.78, 5) is 7.44. The molecule has 48 heavy (non-hydrogen) atoms. The van der Waals surface area contributed by atoms with Crippen LogP contribution in [0.15, 0.2) is 162 Å². The third kappa shape index (κ3) is 4.36. The van der Waals surface area contributed by atoms with Crippen molar-refractivity contribution < 1.29 is 4.42 Å². The Bertz CT molecular complexity index is 2780. The van der Waals surface area contributed by atoms with Gasteiger partial charge in [-0.1, -0.05) is 97.1 Å². The number of anilines is 3. The molecule has 3 heterocycles. The van der Waals surface area contributed by atoms with E-state index in [9.17, 15) is 0 Å². The fraction of sp³-hybridized carbons (Fsp3) is 0. The summed E-state index contributed by atoms with van der Waals surface area (Å²) in [5.74, 6) is 0. The minimum atomic E-state index is 0.876. The zero-order valence-corrected chi connectivity index (χ0v) is 27.3. The van der Waals surface area contributed by atoms with Gasteiger partial charge in [-0.3, -0.25) is 0 Å². The van der Waals surface area contributed by atoms with Crippen LogP contribution in [0.3, 0.4) is 0 Å². The first-order valence-corrected chi connectivity index (χ1v) is 17.6. The first-order valence-electron chi connectivity index (χ1n) is 16.0. The van der Waals surface area contributed by atoms with Crippen LogP contribution in [0.1, 0.15) is 0 Å². The lowest BCUT2D eigenvalue weighted by Gasteiger charge is -2.26. The molecule has 0 saturated carbocycles. The van der Waals surface area contributed by atoms with Crippen LogP contribution in [-0.4, -0.2) is 4.98 Å². The van der Waals surface area contributed by atoms with Crippen LogP contribution in [0.2, 0.25) is 0 Å². The van der Waals surface area contributed by atoms with Crippen LogP contribution < -0.4 is 4.90 Å². The molecule has 0 spiro atoms. The lowest BCUT2D eigenvalue weighted by Crippen LogP contribution is -2.10. The van der Waals surface area contributed by atoms with E-state index < -0.39 is 0 Å². The second-order valence-corrected chi connectivity index (χ2v) is 14.0. The summed E-state index contributed by atoms with van der Waals surface area (Å²) in [6.45, 7) is 0. The van der Waals surface area contributed by atoms with E-state index in [1.807, 2.05) is 23.5 Å². The van der Waals surface area contributed by atoms with Crippen molar-refractivity contribution in [2.24, 2.45) is 0 Å². The van der Waals surface area contributed by atoms with E-state index >= 15 is 0 Å². The zero-order valence-electron chi connectivity index (χ0n) is 25.6. The Morgan fingerprint density at radius 2 is 1.17 bits per heavy atom. The number of hydrogen-bond donors (Lipinski definition) is 0. The predicted molar refractivity (Wildman–Crippen MR) is 205 cm³/mol. The van der Waals surface area contributed by atoms with Crippen molar-refractivity contribution in [1.82, 2.24) is 4.98 Å². The molecule has 0 N–H and O–H groups in total. The molecule has 226 valence electrons. The molecular weight excluding hydrogens is 625 g/mol. The molecule has 0 amide bonds. The Morgan fingerprint density at radius 1 is 0.479 bits per heavy atom. The van der Waals surface area contributed by atoms with Gasteiger partial charge in [-0.25, -0.2) is 4.98 Å². The maximum atomic E-state index is 6.36. The fourth-order valence-electron chi connectivity index (χ4n) is 6.88. The van der Waals surface area contributed by atoms with Crippen molar-refractivity contribution in [3.8, 4) is 21.7 Å². The number of benzene rings is 7. The van der Waals surface area contributed by atoms with Crippen LogP contribution in [0, 0.1) is 0 Å². The standard InChI is InChI=1S/C43H26N2OS2/c1-3-10-27(11-4-1)28-18-20-30(21-19-28)45(35-15-9-17-37-40(35)32-14-7-8-16-36(32)46-37)31-22-24-38-33(26-31)41-39(47-38)25-23-34-42(41)48-43(44-34)29-12-5-2-6-13-29/h1-26H. The minimum absolute atomic E-state index is 0.876.